The van der Waals surface area contributed by atoms with Crippen molar-refractivity contribution in [2.75, 3.05) is 26.2 Å². The normalized spacial score (nSPS) is 20.6. The second-order valence-corrected chi connectivity index (χ2v) is 8.98. The van der Waals surface area contributed by atoms with Crippen molar-refractivity contribution in [2.45, 2.75) is 56.3 Å². The van der Waals surface area contributed by atoms with Gasteiger partial charge in [-0.25, -0.2) is 8.42 Å². The van der Waals surface area contributed by atoms with E-state index in [0.29, 0.717) is 43.4 Å². The summed E-state index contributed by atoms with van der Waals surface area (Å²) in [6.07, 6.45) is 6.74. The molecular weight excluding hydrogens is 336 g/mol. The number of rotatable bonds is 4. The van der Waals surface area contributed by atoms with Crippen LogP contribution in [0, 0.1) is 0 Å². The van der Waals surface area contributed by atoms with Crippen LogP contribution < -0.4 is 0 Å². The summed E-state index contributed by atoms with van der Waals surface area (Å²) >= 11 is 0. The lowest BCUT2D eigenvalue weighted by Gasteiger charge is -2.34. The number of nitrogens with zero attached hydrogens (tertiary/aromatic N) is 2. The number of piperazine rings is 1. The summed E-state index contributed by atoms with van der Waals surface area (Å²) < 4.78 is 27.2. The number of hydrogen-bond donors (Lipinski definition) is 0. The number of hydrogen-bond acceptors (Lipinski definition) is 3. The molecule has 2 aliphatic rings. The summed E-state index contributed by atoms with van der Waals surface area (Å²) in [5.74, 6) is 0.669. The number of carbonyl (C=O) groups is 1. The molecule has 0 unspecified atom stereocenters. The lowest BCUT2D eigenvalue weighted by Crippen LogP contribution is -2.50. The van der Waals surface area contributed by atoms with Gasteiger partial charge in [0.05, 0.1) is 4.90 Å². The number of carbonyl (C=O) groups excluding carboxylic acids is 1. The molecule has 1 aromatic rings. The third-order valence-corrected chi connectivity index (χ3v) is 7.40. The van der Waals surface area contributed by atoms with Crippen LogP contribution in [0.4, 0.5) is 0 Å². The van der Waals surface area contributed by atoms with Crippen molar-refractivity contribution in [3.63, 3.8) is 0 Å². The number of benzene rings is 1. The molecule has 1 saturated heterocycles. The van der Waals surface area contributed by atoms with Gasteiger partial charge in [0.2, 0.25) is 15.9 Å². The Morgan fingerprint density at radius 2 is 1.60 bits per heavy atom. The molecule has 0 spiro atoms. The van der Waals surface area contributed by atoms with Crippen molar-refractivity contribution in [1.29, 1.82) is 0 Å². The minimum atomic E-state index is -3.47. The highest BCUT2D eigenvalue weighted by atomic mass is 32.2. The number of amides is 1. The second kappa shape index (κ2) is 7.87. The molecule has 25 heavy (non-hydrogen) atoms. The first kappa shape index (κ1) is 18.4. The van der Waals surface area contributed by atoms with Gasteiger partial charge >= 0.3 is 0 Å². The van der Waals surface area contributed by atoms with E-state index in [4.69, 9.17) is 0 Å². The van der Waals surface area contributed by atoms with Crippen LogP contribution in [0.25, 0.3) is 0 Å². The van der Waals surface area contributed by atoms with E-state index in [2.05, 4.69) is 0 Å². The fourth-order valence-corrected chi connectivity index (χ4v) is 5.32. The Balaban J connectivity index is 1.67. The van der Waals surface area contributed by atoms with Gasteiger partial charge < -0.3 is 4.90 Å². The zero-order chi connectivity index (χ0) is 17.9. The van der Waals surface area contributed by atoms with Crippen molar-refractivity contribution in [1.82, 2.24) is 9.21 Å². The summed E-state index contributed by atoms with van der Waals surface area (Å²) in [7, 11) is -3.47. The Kier molecular flexibility index (Phi) is 5.79. The Hall–Kier alpha value is -1.40. The summed E-state index contributed by atoms with van der Waals surface area (Å²) in [5, 5.41) is 0. The molecule has 1 aliphatic heterocycles. The van der Waals surface area contributed by atoms with E-state index in [1.807, 2.05) is 19.1 Å². The predicted octanol–water partition coefficient (Wildman–Crippen LogP) is 2.98. The fourth-order valence-electron chi connectivity index (χ4n) is 3.90. The van der Waals surface area contributed by atoms with Gasteiger partial charge in [-0.15, -0.1) is 0 Å². The van der Waals surface area contributed by atoms with E-state index in [0.717, 1.165) is 0 Å². The highest BCUT2D eigenvalue weighted by molar-refractivity contribution is 7.89. The van der Waals surface area contributed by atoms with Crippen LogP contribution in [0.15, 0.2) is 29.2 Å². The van der Waals surface area contributed by atoms with Crippen LogP contribution in [0.2, 0.25) is 0 Å². The van der Waals surface area contributed by atoms with E-state index in [1.54, 1.807) is 17.0 Å². The monoisotopic (exact) mass is 364 g/mol. The first-order valence-corrected chi connectivity index (χ1v) is 10.8. The Bertz CT molecular complexity index is 686. The van der Waals surface area contributed by atoms with Crippen molar-refractivity contribution in [2.24, 2.45) is 0 Å². The van der Waals surface area contributed by atoms with Gasteiger partial charge in [-0.1, -0.05) is 38.3 Å². The summed E-state index contributed by atoms with van der Waals surface area (Å²) in [5.41, 5.74) is 1.26. The third kappa shape index (κ3) is 4.06. The molecule has 0 bridgehead atoms. The molecule has 1 aliphatic carbocycles. The molecule has 138 valence electrons. The summed E-state index contributed by atoms with van der Waals surface area (Å²) in [6.45, 7) is 3.54. The van der Waals surface area contributed by atoms with Crippen LogP contribution in [0.5, 0.6) is 0 Å². The van der Waals surface area contributed by atoms with Crippen molar-refractivity contribution in [3.8, 4) is 0 Å². The van der Waals surface area contributed by atoms with Gasteiger partial charge in [-0.05, 0) is 36.5 Å². The van der Waals surface area contributed by atoms with Crippen LogP contribution >= 0.6 is 0 Å². The van der Waals surface area contributed by atoms with Crippen LogP contribution in [-0.4, -0.2) is 49.7 Å². The van der Waals surface area contributed by atoms with Gasteiger partial charge in [0.15, 0.2) is 0 Å². The molecule has 1 aromatic carbocycles. The molecular formula is C19H28N2O3S. The van der Waals surface area contributed by atoms with Gasteiger partial charge in [-0.2, -0.15) is 4.31 Å². The lowest BCUT2D eigenvalue weighted by molar-refractivity contribution is -0.132. The largest absolute Gasteiger partial charge is 0.340 e. The molecule has 6 heteroatoms. The van der Waals surface area contributed by atoms with Gasteiger partial charge in [-0.3, -0.25) is 4.79 Å². The van der Waals surface area contributed by atoms with Crippen LogP contribution in [0.1, 0.15) is 56.9 Å². The standard InChI is InChI=1S/C19H28N2O3S/c1-2-19(22)20-12-14-21(15-13-20)25(23,24)18-10-8-17(9-11-18)16-6-4-3-5-7-16/h8-11,16H,2-7,12-15H2,1H3. The molecule has 1 heterocycles. The molecule has 1 amide bonds. The average molecular weight is 365 g/mol. The molecule has 0 atom stereocenters. The van der Waals surface area contributed by atoms with Crippen molar-refractivity contribution < 1.29 is 13.2 Å². The smallest absolute Gasteiger partial charge is 0.243 e. The van der Waals surface area contributed by atoms with Gasteiger partial charge in [0, 0.05) is 32.6 Å². The minimum absolute atomic E-state index is 0.0916. The molecule has 2 fully saturated rings. The van der Waals surface area contributed by atoms with E-state index in [1.165, 1.54) is 42.0 Å². The number of sulfonamides is 1. The minimum Gasteiger partial charge on any atom is -0.340 e. The topological polar surface area (TPSA) is 57.7 Å². The lowest BCUT2D eigenvalue weighted by atomic mass is 9.84. The van der Waals surface area contributed by atoms with Crippen LogP contribution in [0.3, 0.4) is 0 Å². The first-order valence-electron chi connectivity index (χ1n) is 9.40. The summed E-state index contributed by atoms with van der Waals surface area (Å²) in [6, 6.07) is 7.48. The molecule has 1 saturated carbocycles. The molecule has 3 rings (SSSR count). The van der Waals surface area contributed by atoms with E-state index in [9.17, 15) is 13.2 Å². The zero-order valence-electron chi connectivity index (χ0n) is 15.0. The van der Waals surface area contributed by atoms with Crippen molar-refractivity contribution >= 4 is 15.9 Å². The molecule has 5 nitrogen and oxygen atoms in total. The maximum atomic E-state index is 12.8. The van der Waals surface area contributed by atoms with Gasteiger partial charge in [0.1, 0.15) is 0 Å². The zero-order valence-corrected chi connectivity index (χ0v) is 15.8. The average Bonchev–Trinajstić information content (AvgIpc) is 2.68. The van der Waals surface area contributed by atoms with Crippen LogP contribution in [-0.2, 0) is 14.8 Å². The Morgan fingerprint density at radius 3 is 2.16 bits per heavy atom. The molecule has 0 aromatic heterocycles. The maximum absolute atomic E-state index is 12.8. The van der Waals surface area contributed by atoms with E-state index < -0.39 is 10.0 Å². The molecule has 0 radical (unpaired) electrons. The third-order valence-electron chi connectivity index (χ3n) is 5.49. The Labute approximate surface area is 151 Å². The SMILES string of the molecule is CCC(=O)N1CCN(S(=O)(=O)c2ccc(C3CCCCC3)cc2)CC1. The highest BCUT2D eigenvalue weighted by Crippen LogP contribution is 2.33. The Morgan fingerprint density at radius 1 is 1.00 bits per heavy atom. The quantitative estimate of drug-likeness (QED) is 0.825. The van der Waals surface area contributed by atoms with E-state index in [-0.39, 0.29) is 5.91 Å². The molecule has 0 N–H and O–H groups in total. The fraction of sp³-hybridized carbons (Fsp3) is 0.632. The second-order valence-electron chi connectivity index (χ2n) is 7.04. The van der Waals surface area contributed by atoms with Crippen molar-refractivity contribution in [3.05, 3.63) is 29.8 Å². The maximum Gasteiger partial charge on any atom is 0.243 e. The predicted molar refractivity (Wildman–Crippen MR) is 97.9 cm³/mol. The first-order chi connectivity index (χ1) is 12.0. The summed E-state index contributed by atoms with van der Waals surface area (Å²) in [4.78, 5) is 13.9. The van der Waals surface area contributed by atoms with E-state index >= 15 is 0 Å². The van der Waals surface area contributed by atoms with Gasteiger partial charge in [0.25, 0.3) is 0 Å². The highest BCUT2D eigenvalue weighted by Gasteiger charge is 2.29.